The van der Waals surface area contributed by atoms with Crippen molar-refractivity contribution in [3.05, 3.63) is 23.8 Å². The number of carbonyl (C=O) groups is 1. The number of fused-ring (bicyclic) bond motifs is 3. The molecule has 5 aliphatic rings. The van der Waals surface area contributed by atoms with E-state index in [-0.39, 0.29) is 10.8 Å². The van der Waals surface area contributed by atoms with Crippen LogP contribution in [0.3, 0.4) is 0 Å². The van der Waals surface area contributed by atoms with Crippen molar-refractivity contribution in [2.24, 2.45) is 34.0 Å². The number of hydrogen-bond acceptors (Lipinski definition) is 2. The third-order valence-electron chi connectivity index (χ3n) is 9.16. The molecule has 0 aliphatic heterocycles. The smallest absolute Gasteiger partial charge is 0.156 e. The fourth-order valence-electron chi connectivity index (χ4n) is 7.55. The molecule has 5 aliphatic carbocycles. The van der Waals surface area contributed by atoms with Gasteiger partial charge < -0.3 is 5.11 Å². The maximum absolute atomic E-state index is 11.9. The van der Waals surface area contributed by atoms with Crippen LogP contribution in [0.25, 0.3) is 0 Å². The van der Waals surface area contributed by atoms with Gasteiger partial charge in [0, 0.05) is 11.8 Å². The summed E-state index contributed by atoms with van der Waals surface area (Å²) in [7, 11) is 0. The van der Waals surface area contributed by atoms with E-state index in [9.17, 15) is 9.90 Å². The fourth-order valence-corrected chi connectivity index (χ4v) is 7.55. The summed E-state index contributed by atoms with van der Waals surface area (Å²) >= 11 is 0. The minimum atomic E-state index is -0.506. The van der Waals surface area contributed by atoms with E-state index in [1.165, 1.54) is 18.4 Å². The van der Waals surface area contributed by atoms with Gasteiger partial charge in [-0.15, -0.1) is 0 Å². The lowest BCUT2D eigenvalue weighted by Crippen LogP contribution is -2.55. The molecule has 2 heteroatoms. The normalized spacial score (nSPS) is 59.6. The predicted octanol–water partition coefficient (Wildman–Crippen LogP) is 4.05. The summed E-state index contributed by atoms with van der Waals surface area (Å²) < 4.78 is 0. The Morgan fingerprint density at radius 2 is 1.96 bits per heavy atom. The van der Waals surface area contributed by atoms with Gasteiger partial charge >= 0.3 is 0 Å². The number of hydrogen-bond donors (Lipinski definition) is 1. The van der Waals surface area contributed by atoms with E-state index in [0.29, 0.717) is 35.4 Å². The molecule has 0 radical (unpaired) electrons. The molecule has 0 amide bonds. The van der Waals surface area contributed by atoms with E-state index in [1.54, 1.807) is 0 Å². The molecule has 0 aromatic heterocycles. The average molecular weight is 312 g/mol. The molecule has 0 aromatic carbocycles. The topological polar surface area (TPSA) is 37.3 Å². The quantitative estimate of drug-likeness (QED) is 0.733. The van der Waals surface area contributed by atoms with E-state index in [4.69, 9.17) is 0 Å². The van der Waals surface area contributed by atoms with Gasteiger partial charge in [-0.05, 0) is 79.3 Å². The lowest BCUT2D eigenvalue weighted by Gasteiger charge is -2.59. The van der Waals surface area contributed by atoms with E-state index in [0.717, 1.165) is 19.3 Å². The second-order valence-electron chi connectivity index (χ2n) is 9.77. The molecule has 0 heterocycles. The summed E-state index contributed by atoms with van der Waals surface area (Å²) in [5.74, 6) is 2.25. The van der Waals surface area contributed by atoms with Gasteiger partial charge in [-0.2, -0.15) is 0 Å². The first-order chi connectivity index (χ1) is 10.7. The van der Waals surface area contributed by atoms with Crippen LogP contribution >= 0.6 is 0 Å². The Kier molecular flexibility index (Phi) is 2.42. The monoisotopic (exact) mass is 312 g/mol. The van der Waals surface area contributed by atoms with Crippen LogP contribution < -0.4 is 0 Å². The first kappa shape index (κ1) is 14.5. The van der Waals surface area contributed by atoms with Crippen LogP contribution in [0.1, 0.15) is 59.3 Å². The third-order valence-corrected chi connectivity index (χ3v) is 9.16. The summed E-state index contributed by atoms with van der Waals surface area (Å²) in [5.41, 5.74) is 1.33. The number of aliphatic hydroxyl groups is 1. The van der Waals surface area contributed by atoms with E-state index in [2.05, 4.69) is 32.9 Å². The lowest BCUT2D eigenvalue weighted by atomic mass is 9.46. The molecule has 23 heavy (non-hydrogen) atoms. The Labute approximate surface area is 139 Å². The average Bonchev–Trinajstić information content (AvgIpc) is 3.13. The zero-order chi connectivity index (χ0) is 16.3. The number of rotatable bonds is 0. The van der Waals surface area contributed by atoms with E-state index >= 15 is 0 Å². The molecule has 0 saturated heterocycles. The Bertz CT molecular complexity index is 671. The Balaban J connectivity index is 1.63. The molecule has 0 bridgehead atoms. The molecule has 7 atom stereocenters. The Morgan fingerprint density at radius 3 is 2.74 bits per heavy atom. The van der Waals surface area contributed by atoms with Crippen molar-refractivity contribution in [3.63, 3.8) is 0 Å². The molecule has 1 spiro atoms. The van der Waals surface area contributed by atoms with Gasteiger partial charge in [0.15, 0.2) is 5.78 Å². The minimum absolute atomic E-state index is 0.0677. The molecule has 2 nitrogen and oxygen atoms in total. The maximum Gasteiger partial charge on any atom is 0.156 e. The summed E-state index contributed by atoms with van der Waals surface area (Å²) in [6, 6.07) is 0. The molecular weight excluding hydrogens is 284 g/mol. The largest absolute Gasteiger partial charge is 0.390 e. The Hall–Kier alpha value is -0.890. The molecule has 0 aromatic rings. The minimum Gasteiger partial charge on any atom is -0.390 e. The highest BCUT2D eigenvalue weighted by Gasteiger charge is 2.80. The Morgan fingerprint density at radius 1 is 1.17 bits per heavy atom. The highest BCUT2D eigenvalue weighted by Crippen LogP contribution is 2.84. The molecule has 124 valence electrons. The predicted molar refractivity (Wildman–Crippen MR) is 89.7 cm³/mol. The van der Waals surface area contributed by atoms with Crippen LogP contribution in [0.2, 0.25) is 0 Å². The van der Waals surface area contributed by atoms with Crippen molar-refractivity contribution >= 4 is 5.78 Å². The van der Waals surface area contributed by atoms with E-state index in [1.807, 2.05) is 6.08 Å². The first-order valence-corrected chi connectivity index (χ1v) is 9.40. The number of carbonyl (C=O) groups excluding carboxylic acids is 1. The highest BCUT2D eigenvalue weighted by molar-refractivity contribution is 5.92. The first-order valence-electron chi connectivity index (χ1n) is 9.40. The summed E-state index contributed by atoms with van der Waals surface area (Å²) in [4.78, 5) is 11.9. The maximum atomic E-state index is 11.9. The zero-order valence-electron chi connectivity index (χ0n) is 14.6. The SMILES string of the molecule is C[C@]12CC[C@H]3[C@@H](C=CC4=CC(=O)CC[C@@]43C)[C@@]13C[C@H]3C[C@@]2(C)O. The van der Waals surface area contributed by atoms with Crippen LogP contribution in [0.15, 0.2) is 23.8 Å². The molecule has 5 rings (SSSR count). The summed E-state index contributed by atoms with van der Waals surface area (Å²) in [6.07, 6.45) is 12.9. The summed E-state index contributed by atoms with van der Waals surface area (Å²) in [6.45, 7) is 6.85. The van der Waals surface area contributed by atoms with Crippen molar-refractivity contribution in [2.45, 2.75) is 64.9 Å². The van der Waals surface area contributed by atoms with Gasteiger partial charge in [-0.1, -0.05) is 26.0 Å². The van der Waals surface area contributed by atoms with Crippen molar-refractivity contribution in [2.75, 3.05) is 0 Å². The third kappa shape index (κ3) is 1.40. The highest BCUT2D eigenvalue weighted by atomic mass is 16.3. The van der Waals surface area contributed by atoms with Crippen LogP contribution in [-0.4, -0.2) is 16.5 Å². The van der Waals surface area contributed by atoms with Gasteiger partial charge in [-0.3, -0.25) is 4.79 Å². The van der Waals surface area contributed by atoms with Crippen LogP contribution in [0.4, 0.5) is 0 Å². The van der Waals surface area contributed by atoms with Crippen molar-refractivity contribution < 1.29 is 9.90 Å². The van der Waals surface area contributed by atoms with Crippen LogP contribution in [-0.2, 0) is 4.79 Å². The van der Waals surface area contributed by atoms with Gasteiger partial charge in [0.2, 0.25) is 0 Å². The fraction of sp³-hybridized carbons (Fsp3) is 0.762. The van der Waals surface area contributed by atoms with Crippen LogP contribution in [0.5, 0.6) is 0 Å². The molecule has 1 N–H and O–H groups in total. The van der Waals surface area contributed by atoms with Crippen LogP contribution in [0, 0.1) is 34.0 Å². The second-order valence-corrected chi connectivity index (χ2v) is 9.77. The summed E-state index contributed by atoms with van der Waals surface area (Å²) in [5, 5.41) is 11.1. The van der Waals surface area contributed by atoms with Crippen molar-refractivity contribution in [1.82, 2.24) is 0 Å². The number of allylic oxidation sites excluding steroid dienone is 4. The standard InChI is InChI=1S/C21H28O2/c1-18-8-6-15(22)10-13(18)4-5-17-16(18)7-9-19(2)20(3,23)11-14-12-21(14,17)19/h4-5,10,14,16-17,23H,6-9,11-12H2,1-3H3/t14-,16+,17-,18+,19-,20-,21+/m1/s1. The molecule has 3 fully saturated rings. The molecule has 3 saturated carbocycles. The van der Waals surface area contributed by atoms with Gasteiger partial charge in [-0.25, -0.2) is 0 Å². The van der Waals surface area contributed by atoms with Gasteiger partial charge in [0.25, 0.3) is 0 Å². The number of ketones is 1. The van der Waals surface area contributed by atoms with Gasteiger partial charge in [0.1, 0.15) is 0 Å². The van der Waals surface area contributed by atoms with Crippen molar-refractivity contribution in [1.29, 1.82) is 0 Å². The zero-order valence-corrected chi connectivity index (χ0v) is 14.6. The van der Waals surface area contributed by atoms with E-state index < -0.39 is 5.60 Å². The molecular formula is C21H28O2. The van der Waals surface area contributed by atoms with Crippen molar-refractivity contribution in [3.8, 4) is 0 Å². The van der Waals surface area contributed by atoms with Gasteiger partial charge in [0.05, 0.1) is 5.60 Å². The lowest BCUT2D eigenvalue weighted by molar-refractivity contribution is -0.130. The molecule has 0 unspecified atom stereocenters. The second kappa shape index (κ2) is 3.85.